The molecule has 8 heteroatoms. The standard InChI is InChI=1S/C25H26N4O2S.BrH/c1-5-16-29-21(18-12-14-20(15-13-18)31-6-2)17-32-25(29)26-22-23(19-10-8-7-9-11-19)27(3)28(4)24(22)30;/h5,7-15,17H,1,6,16H2,2-4H3;1H. The van der Waals surface area contributed by atoms with Crippen molar-refractivity contribution in [2.75, 3.05) is 6.61 Å². The van der Waals surface area contributed by atoms with E-state index in [1.165, 1.54) is 11.3 Å². The van der Waals surface area contributed by atoms with Crippen molar-refractivity contribution in [2.24, 2.45) is 19.1 Å². The van der Waals surface area contributed by atoms with Crippen molar-refractivity contribution in [3.63, 3.8) is 0 Å². The second-order valence-electron chi connectivity index (χ2n) is 7.29. The molecule has 0 aliphatic rings. The second kappa shape index (κ2) is 10.7. The molecule has 0 unspecified atom stereocenters. The molecule has 0 amide bonds. The van der Waals surface area contributed by atoms with Crippen LogP contribution in [0.15, 0.2) is 82.4 Å². The highest BCUT2D eigenvalue weighted by Gasteiger charge is 2.18. The molecule has 2 aromatic heterocycles. The maximum Gasteiger partial charge on any atom is 0.293 e. The number of aromatic nitrogens is 3. The second-order valence-corrected chi connectivity index (χ2v) is 8.12. The van der Waals surface area contributed by atoms with E-state index < -0.39 is 0 Å². The molecule has 0 saturated carbocycles. The summed E-state index contributed by atoms with van der Waals surface area (Å²) in [7, 11) is 3.63. The summed E-state index contributed by atoms with van der Waals surface area (Å²) in [6.07, 6.45) is 1.84. The van der Waals surface area contributed by atoms with Crippen LogP contribution in [0.3, 0.4) is 0 Å². The zero-order valence-electron chi connectivity index (χ0n) is 18.9. The first-order chi connectivity index (χ1) is 15.5. The van der Waals surface area contributed by atoms with E-state index >= 15 is 0 Å². The number of thiazole rings is 1. The van der Waals surface area contributed by atoms with Gasteiger partial charge in [-0.25, -0.2) is 4.99 Å². The van der Waals surface area contributed by atoms with E-state index in [0.717, 1.165) is 33.1 Å². The Balaban J connectivity index is 0.00000306. The average Bonchev–Trinajstić information content (AvgIpc) is 3.30. The molecule has 4 rings (SSSR count). The number of allylic oxidation sites excluding steroid dienone is 1. The Hall–Kier alpha value is -3.10. The van der Waals surface area contributed by atoms with Crippen LogP contribution in [0.25, 0.3) is 22.5 Å². The van der Waals surface area contributed by atoms with Crippen molar-refractivity contribution in [2.45, 2.75) is 13.5 Å². The molecule has 2 heterocycles. The van der Waals surface area contributed by atoms with Crippen LogP contribution in [-0.2, 0) is 20.6 Å². The number of hydrogen-bond acceptors (Lipinski definition) is 4. The van der Waals surface area contributed by atoms with E-state index in [0.29, 0.717) is 18.8 Å². The van der Waals surface area contributed by atoms with Gasteiger partial charge in [0.2, 0.25) is 0 Å². The highest BCUT2D eigenvalue weighted by molar-refractivity contribution is 8.93. The van der Waals surface area contributed by atoms with E-state index in [9.17, 15) is 4.79 Å². The molecule has 172 valence electrons. The predicted molar refractivity (Wildman–Crippen MR) is 141 cm³/mol. The number of benzene rings is 2. The summed E-state index contributed by atoms with van der Waals surface area (Å²) in [5.41, 5.74) is 4.11. The Kier molecular flexibility index (Phi) is 7.94. The third kappa shape index (κ3) is 4.82. The average molecular weight is 527 g/mol. The Morgan fingerprint density at radius 2 is 1.73 bits per heavy atom. The van der Waals surface area contributed by atoms with Crippen molar-refractivity contribution in [1.82, 2.24) is 13.9 Å². The molecule has 0 N–H and O–H groups in total. The fourth-order valence-electron chi connectivity index (χ4n) is 3.65. The lowest BCUT2D eigenvalue weighted by Crippen LogP contribution is -2.18. The molecule has 6 nitrogen and oxygen atoms in total. The van der Waals surface area contributed by atoms with E-state index in [-0.39, 0.29) is 22.5 Å². The van der Waals surface area contributed by atoms with Crippen molar-refractivity contribution < 1.29 is 4.74 Å². The van der Waals surface area contributed by atoms with Gasteiger partial charge in [-0.05, 0) is 36.8 Å². The van der Waals surface area contributed by atoms with Crippen LogP contribution in [0, 0.1) is 0 Å². The van der Waals surface area contributed by atoms with Gasteiger partial charge in [0.05, 0.1) is 18.0 Å². The van der Waals surface area contributed by atoms with Crippen LogP contribution in [0.2, 0.25) is 0 Å². The molecule has 0 atom stereocenters. The summed E-state index contributed by atoms with van der Waals surface area (Å²) in [4.78, 5) is 18.7. The Bertz CT molecular complexity index is 1360. The molecule has 0 radical (unpaired) electrons. The monoisotopic (exact) mass is 526 g/mol. The minimum atomic E-state index is -0.132. The molecule has 0 aliphatic heterocycles. The van der Waals surface area contributed by atoms with Crippen LogP contribution < -0.4 is 15.1 Å². The van der Waals surface area contributed by atoms with Gasteiger partial charge in [0, 0.05) is 31.6 Å². The number of ether oxygens (including phenoxy) is 1. The molecule has 0 aliphatic carbocycles. The number of rotatable bonds is 7. The summed E-state index contributed by atoms with van der Waals surface area (Å²) in [5, 5.41) is 2.06. The van der Waals surface area contributed by atoms with E-state index in [2.05, 4.69) is 16.5 Å². The van der Waals surface area contributed by atoms with E-state index in [1.807, 2.05) is 79.3 Å². The fraction of sp³-hybridized carbons (Fsp3) is 0.200. The lowest BCUT2D eigenvalue weighted by atomic mass is 10.1. The first-order valence-corrected chi connectivity index (χ1v) is 11.3. The van der Waals surface area contributed by atoms with Gasteiger partial charge >= 0.3 is 0 Å². The van der Waals surface area contributed by atoms with E-state index in [1.54, 1.807) is 11.7 Å². The summed E-state index contributed by atoms with van der Waals surface area (Å²) in [6, 6.07) is 17.9. The lowest BCUT2D eigenvalue weighted by Gasteiger charge is -2.08. The Morgan fingerprint density at radius 1 is 1.03 bits per heavy atom. The highest BCUT2D eigenvalue weighted by atomic mass is 79.9. The largest absolute Gasteiger partial charge is 0.494 e. The summed E-state index contributed by atoms with van der Waals surface area (Å²) in [5.74, 6) is 0.840. The highest BCUT2D eigenvalue weighted by Crippen LogP contribution is 2.28. The molecular formula is C25H27BrN4O2S. The van der Waals surface area contributed by atoms with Gasteiger partial charge in [0.15, 0.2) is 10.5 Å². The smallest absolute Gasteiger partial charge is 0.293 e. The zero-order valence-corrected chi connectivity index (χ0v) is 21.4. The lowest BCUT2D eigenvalue weighted by molar-refractivity contribution is 0.340. The van der Waals surface area contributed by atoms with Crippen LogP contribution in [-0.4, -0.2) is 20.5 Å². The minimum Gasteiger partial charge on any atom is -0.494 e. The van der Waals surface area contributed by atoms with E-state index in [4.69, 9.17) is 9.73 Å². The van der Waals surface area contributed by atoms with Crippen molar-refractivity contribution >= 4 is 34.0 Å². The number of halogens is 1. The van der Waals surface area contributed by atoms with Crippen LogP contribution in [0.4, 0.5) is 5.69 Å². The topological polar surface area (TPSA) is 53.4 Å². The van der Waals surface area contributed by atoms with Crippen molar-refractivity contribution in [3.05, 3.63) is 87.8 Å². The molecule has 0 fully saturated rings. The Labute approximate surface area is 207 Å². The van der Waals surface area contributed by atoms with Gasteiger partial charge in [0.1, 0.15) is 5.75 Å². The molecular weight excluding hydrogens is 500 g/mol. The van der Waals surface area contributed by atoms with Crippen molar-refractivity contribution in [3.8, 4) is 28.3 Å². The van der Waals surface area contributed by atoms with Gasteiger partial charge < -0.3 is 9.30 Å². The van der Waals surface area contributed by atoms with Crippen LogP contribution in [0.1, 0.15) is 6.92 Å². The third-order valence-corrected chi connectivity index (χ3v) is 6.18. The fourth-order valence-corrected chi connectivity index (χ4v) is 4.58. The van der Waals surface area contributed by atoms with Gasteiger partial charge in [0.25, 0.3) is 5.56 Å². The molecule has 0 saturated heterocycles. The van der Waals surface area contributed by atoms with Crippen LogP contribution >= 0.6 is 28.3 Å². The Morgan fingerprint density at radius 3 is 2.36 bits per heavy atom. The molecule has 33 heavy (non-hydrogen) atoms. The first kappa shape index (κ1) is 24.5. The van der Waals surface area contributed by atoms with Crippen molar-refractivity contribution in [1.29, 1.82) is 0 Å². The predicted octanol–water partition coefficient (Wildman–Crippen LogP) is 5.32. The number of hydrogen-bond donors (Lipinski definition) is 0. The van der Waals surface area contributed by atoms with Gasteiger partial charge in [-0.1, -0.05) is 36.4 Å². The summed E-state index contributed by atoms with van der Waals surface area (Å²) in [6.45, 7) is 7.09. The normalized spacial score (nSPS) is 11.3. The summed E-state index contributed by atoms with van der Waals surface area (Å²) < 4.78 is 11.1. The molecule has 4 aromatic rings. The van der Waals surface area contributed by atoms with Crippen LogP contribution in [0.5, 0.6) is 5.75 Å². The maximum absolute atomic E-state index is 13.0. The third-order valence-electron chi connectivity index (χ3n) is 5.32. The molecule has 2 aromatic carbocycles. The maximum atomic E-state index is 13.0. The van der Waals surface area contributed by atoms with Gasteiger partial charge in [-0.3, -0.25) is 14.2 Å². The molecule has 0 spiro atoms. The molecule has 0 bridgehead atoms. The summed E-state index contributed by atoms with van der Waals surface area (Å²) >= 11 is 1.51. The SMILES string of the molecule is Br.C=CCn1c(-c2ccc(OCC)cc2)csc1=Nc1c(-c2ccccc2)n(C)n(C)c1=O. The minimum absolute atomic E-state index is 0. The quantitative estimate of drug-likeness (QED) is 0.306. The number of nitrogens with zero attached hydrogens (tertiary/aromatic N) is 4. The van der Waals surface area contributed by atoms with Gasteiger partial charge in [-0.15, -0.1) is 34.9 Å². The zero-order chi connectivity index (χ0) is 22.7. The first-order valence-electron chi connectivity index (χ1n) is 10.4. The van der Waals surface area contributed by atoms with Gasteiger partial charge in [-0.2, -0.15) is 0 Å².